The monoisotopic (exact) mass is 668 g/mol. The molecule has 2 rings (SSSR count). The number of benzene rings is 1. The number of rotatable bonds is 25. The van der Waals surface area contributed by atoms with Gasteiger partial charge in [-0.1, -0.05) is 19.4 Å². The van der Waals surface area contributed by atoms with E-state index in [0.29, 0.717) is 83.3 Å². The van der Waals surface area contributed by atoms with Crippen molar-refractivity contribution in [3.05, 3.63) is 29.3 Å². The first-order chi connectivity index (χ1) is 22.7. The van der Waals surface area contributed by atoms with E-state index in [1.165, 1.54) is 6.92 Å². The molecule has 1 aromatic rings. The highest BCUT2D eigenvalue weighted by molar-refractivity contribution is 5.76. The number of aliphatic hydroxyl groups excluding tert-OH is 1. The molecule has 47 heavy (non-hydrogen) atoms. The minimum atomic E-state index is -1.17. The Hall–Kier alpha value is -3.30. The summed E-state index contributed by atoms with van der Waals surface area (Å²) in [6, 6.07) is 5.45. The maximum absolute atomic E-state index is 11.9. The molecule has 266 valence electrons. The number of aliphatic hydroxyl groups is 1. The minimum absolute atomic E-state index is 0.00315. The van der Waals surface area contributed by atoms with E-state index < -0.39 is 30.4 Å². The van der Waals surface area contributed by atoms with Crippen LogP contribution in [0, 0.1) is 0 Å². The largest absolute Gasteiger partial charge is 0.479 e. The molecule has 14 heteroatoms. The number of esters is 1. The molecule has 0 bridgehead atoms. The number of carboxylic acids is 1. The number of hydrogen-bond donors (Lipinski definition) is 4. The fraction of sp³-hybridized carbons (Fsp3) is 0.697. The van der Waals surface area contributed by atoms with Gasteiger partial charge in [-0.15, -0.1) is 0 Å². The number of amides is 2. The summed E-state index contributed by atoms with van der Waals surface area (Å²) < 4.78 is 33.2. The van der Waals surface area contributed by atoms with Crippen molar-refractivity contribution in [3.8, 4) is 5.75 Å². The van der Waals surface area contributed by atoms with E-state index in [0.717, 1.165) is 31.2 Å². The first kappa shape index (κ1) is 39.9. The quantitative estimate of drug-likeness (QED) is 0.0881. The summed E-state index contributed by atoms with van der Waals surface area (Å²) in [6.07, 6.45) is 2.08. The van der Waals surface area contributed by atoms with Gasteiger partial charge in [-0.05, 0) is 43.4 Å². The zero-order valence-corrected chi connectivity index (χ0v) is 27.7. The number of carboxylic acid groups (broad SMARTS) is 1. The van der Waals surface area contributed by atoms with E-state index in [2.05, 4.69) is 10.6 Å². The zero-order valence-electron chi connectivity index (χ0n) is 27.7. The molecular formula is C33H52N2O12. The van der Waals surface area contributed by atoms with Crippen molar-refractivity contribution >= 4 is 23.8 Å². The summed E-state index contributed by atoms with van der Waals surface area (Å²) in [5.41, 5.74) is 1.59. The normalized spacial score (nSPS) is 17.6. The third-order valence-corrected chi connectivity index (χ3v) is 7.15. The average molecular weight is 669 g/mol. The van der Waals surface area contributed by atoms with Crippen LogP contribution in [-0.2, 0) is 55.9 Å². The molecule has 0 aromatic heterocycles. The Bertz CT molecular complexity index is 1090. The Morgan fingerprint density at radius 3 is 2.28 bits per heavy atom. The predicted octanol–water partition coefficient (Wildman–Crippen LogP) is 2.26. The van der Waals surface area contributed by atoms with Crippen LogP contribution in [0.1, 0.15) is 76.3 Å². The lowest BCUT2D eigenvalue weighted by atomic mass is 10.0. The Morgan fingerprint density at radius 1 is 0.872 bits per heavy atom. The molecule has 0 saturated carbocycles. The highest BCUT2D eigenvalue weighted by Crippen LogP contribution is 2.28. The van der Waals surface area contributed by atoms with Crippen molar-refractivity contribution < 1.29 is 57.8 Å². The maximum Gasteiger partial charge on any atom is 0.333 e. The van der Waals surface area contributed by atoms with Crippen LogP contribution in [0.2, 0.25) is 0 Å². The number of hydrogen-bond acceptors (Lipinski definition) is 11. The Kier molecular flexibility index (Phi) is 20.3. The van der Waals surface area contributed by atoms with Crippen molar-refractivity contribution in [2.45, 2.75) is 96.7 Å². The maximum atomic E-state index is 11.9. The summed E-state index contributed by atoms with van der Waals surface area (Å²) in [6.45, 7) is 6.85. The highest BCUT2D eigenvalue weighted by atomic mass is 16.7. The second kappa shape index (κ2) is 23.9. The molecule has 0 spiro atoms. The van der Waals surface area contributed by atoms with Crippen LogP contribution in [-0.4, -0.2) is 105 Å². The van der Waals surface area contributed by atoms with E-state index >= 15 is 0 Å². The van der Waals surface area contributed by atoms with E-state index in [1.807, 2.05) is 19.1 Å². The van der Waals surface area contributed by atoms with Crippen molar-refractivity contribution in [3.63, 3.8) is 0 Å². The van der Waals surface area contributed by atoms with Gasteiger partial charge in [0.25, 0.3) is 0 Å². The predicted molar refractivity (Wildman–Crippen MR) is 170 cm³/mol. The second-order valence-electron chi connectivity index (χ2n) is 11.2. The van der Waals surface area contributed by atoms with Crippen LogP contribution in [0.5, 0.6) is 5.75 Å². The van der Waals surface area contributed by atoms with Crippen LogP contribution < -0.4 is 15.4 Å². The molecule has 1 aromatic carbocycles. The fourth-order valence-corrected chi connectivity index (χ4v) is 4.64. The number of unbranched alkanes of at least 4 members (excludes halogenated alkanes) is 2. The Labute approximate surface area is 276 Å². The number of ether oxygens (including phenoxy) is 6. The molecular weight excluding hydrogens is 616 g/mol. The van der Waals surface area contributed by atoms with Gasteiger partial charge in [0.05, 0.1) is 39.1 Å². The van der Waals surface area contributed by atoms with Gasteiger partial charge < -0.3 is 49.3 Å². The summed E-state index contributed by atoms with van der Waals surface area (Å²) in [4.78, 5) is 45.8. The minimum Gasteiger partial charge on any atom is -0.479 e. The molecule has 1 heterocycles. The number of carbonyl (C=O) groups is 4. The van der Waals surface area contributed by atoms with Gasteiger partial charge in [-0.2, -0.15) is 0 Å². The molecule has 3 atom stereocenters. The lowest BCUT2D eigenvalue weighted by Crippen LogP contribution is -2.42. The van der Waals surface area contributed by atoms with Crippen LogP contribution in [0.4, 0.5) is 0 Å². The number of aliphatic carboxylic acids is 1. The first-order valence-electron chi connectivity index (χ1n) is 16.4. The summed E-state index contributed by atoms with van der Waals surface area (Å²) in [5, 5.41) is 24.9. The smallest absolute Gasteiger partial charge is 0.333 e. The topological polar surface area (TPSA) is 188 Å². The van der Waals surface area contributed by atoms with Gasteiger partial charge in [0, 0.05) is 57.9 Å². The first-order valence-corrected chi connectivity index (χ1v) is 16.4. The fourth-order valence-electron chi connectivity index (χ4n) is 4.64. The van der Waals surface area contributed by atoms with Crippen LogP contribution in [0.3, 0.4) is 0 Å². The van der Waals surface area contributed by atoms with Crippen molar-refractivity contribution in [2.75, 3.05) is 52.7 Å². The summed E-state index contributed by atoms with van der Waals surface area (Å²) in [7, 11) is 0. The third-order valence-electron chi connectivity index (χ3n) is 7.15. The number of aryl methyl sites for hydroxylation is 1. The number of carbonyl (C=O) groups excluding carboxylic acids is 3. The van der Waals surface area contributed by atoms with Gasteiger partial charge in [-0.25, -0.2) is 4.79 Å². The van der Waals surface area contributed by atoms with Crippen LogP contribution in [0.15, 0.2) is 18.2 Å². The van der Waals surface area contributed by atoms with Crippen molar-refractivity contribution in [1.82, 2.24) is 10.6 Å². The molecule has 1 aliphatic heterocycles. The number of nitrogens with one attached hydrogen (secondary N) is 2. The van der Waals surface area contributed by atoms with E-state index in [9.17, 15) is 29.4 Å². The molecule has 0 aliphatic carbocycles. The molecule has 2 amide bonds. The van der Waals surface area contributed by atoms with Crippen molar-refractivity contribution in [1.29, 1.82) is 0 Å². The van der Waals surface area contributed by atoms with Gasteiger partial charge >= 0.3 is 11.9 Å². The zero-order chi connectivity index (χ0) is 34.3. The third kappa shape index (κ3) is 18.6. The van der Waals surface area contributed by atoms with Gasteiger partial charge in [-0.3, -0.25) is 14.4 Å². The molecule has 14 nitrogen and oxygen atoms in total. The van der Waals surface area contributed by atoms with Crippen molar-refractivity contribution in [2.24, 2.45) is 0 Å². The van der Waals surface area contributed by atoms with E-state index in [1.54, 1.807) is 6.07 Å². The lowest BCUT2D eigenvalue weighted by molar-refractivity contribution is -0.195. The summed E-state index contributed by atoms with van der Waals surface area (Å²) >= 11 is 0. The molecule has 4 N–H and O–H groups in total. The van der Waals surface area contributed by atoms with Gasteiger partial charge in [0.2, 0.25) is 18.1 Å². The second-order valence-corrected chi connectivity index (χ2v) is 11.2. The van der Waals surface area contributed by atoms with E-state index in [-0.39, 0.29) is 31.3 Å². The van der Waals surface area contributed by atoms with Gasteiger partial charge in [0.1, 0.15) is 12.4 Å². The molecule has 0 radical (unpaired) electrons. The molecule has 1 fully saturated rings. The molecule has 1 saturated heterocycles. The Morgan fingerprint density at radius 2 is 1.57 bits per heavy atom. The Balaban J connectivity index is 1.53. The van der Waals surface area contributed by atoms with Crippen LogP contribution in [0.25, 0.3) is 0 Å². The highest BCUT2D eigenvalue weighted by Gasteiger charge is 2.34. The van der Waals surface area contributed by atoms with Gasteiger partial charge in [0.15, 0.2) is 6.10 Å². The lowest BCUT2D eigenvalue weighted by Gasteiger charge is -2.31. The summed E-state index contributed by atoms with van der Waals surface area (Å²) in [5.74, 6) is -1.18. The van der Waals surface area contributed by atoms with Crippen LogP contribution >= 0.6 is 0 Å². The SMILES string of the molecule is CCC(=O)NCCCCCC(=O)NCCOCCOCCOCCCc1ccc(OC2CC(O)CC(C(=O)O)O2)c(COC(C)=O)c1. The van der Waals surface area contributed by atoms with E-state index in [4.69, 9.17) is 28.4 Å². The molecule has 1 aliphatic rings. The average Bonchev–Trinajstić information content (AvgIpc) is 3.04. The molecule has 3 unspecified atom stereocenters. The standard InChI is InChI=1S/C33H52N2O12/c1-3-30(38)34-12-6-4-5-9-31(39)35-13-15-43-17-19-44-18-16-42-14-7-8-25-10-11-28(26(20-25)23-45-24(2)36)46-32-22-27(37)21-29(47-32)33(40)41/h10-11,20,27,29,32,37H,3-9,12-19,21-23H2,1-2H3,(H,34,38)(H,35,39)(H,40,41).